The van der Waals surface area contributed by atoms with Gasteiger partial charge in [0.15, 0.2) is 0 Å². The molecule has 23 heavy (non-hydrogen) atoms. The largest absolute Gasteiger partial charge is 0.390 e. The second-order valence-electron chi connectivity index (χ2n) is 5.96. The lowest BCUT2D eigenvalue weighted by Gasteiger charge is -2.34. The number of halogens is 1. The molecule has 2 rings (SSSR count). The lowest BCUT2D eigenvalue weighted by molar-refractivity contribution is -0.129. The first-order valence-corrected chi connectivity index (χ1v) is 7.59. The van der Waals surface area contributed by atoms with Gasteiger partial charge in [0.05, 0.1) is 25.9 Å². The van der Waals surface area contributed by atoms with Gasteiger partial charge in [0.2, 0.25) is 5.91 Å². The Bertz CT molecular complexity index is 511. The van der Waals surface area contributed by atoms with Crippen molar-refractivity contribution in [1.82, 2.24) is 10.2 Å². The number of likely N-dealkylation sites (N-methyl/N-ethyl adjacent to an activating group) is 1. The molecule has 1 aromatic rings. The molecule has 0 unspecified atom stereocenters. The molecule has 3 N–H and O–H groups in total. The molecule has 1 fully saturated rings. The van der Waals surface area contributed by atoms with Crippen molar-refractivity contribution in [3.8, 4) is 0 Å². The zero-order valence-electron chi connectivity index (χ0n) is 13.1. The van der Waals surface area contributed by atoms with Crippen LogP contribution in [0.1, 0.15) is 5.56 Å². The number of hydrogen-bond acceptors (Lipinski definition) is 5. The number of hydrogen-bond donors (Lipinski definition) is 3. The molecule has 1 aliphatic heterocycles. The normalized spacial score (nSPS) is 24.7. The van der Waals surface area contributed by atoms with Crippen molar-refractivity contribution in [3.63, 3.8) is 0 Å². The highest BCUT2D eigenvalue weighted by Gasteiger charge is 2.32. The number of carbonyl (C=O) groups excluding carboxylic acids is 1. The average molecular weight is 326 g/mol. The molecular formula is C16H23FN2O4. The van der Waals surface area contributed by atoms with Gasteiger partial charge in [0, 0.05) is 19.0 Å². The molecule has 1 aromatic carbocycles. The van der Waals surface area contributed by atoms with Gasteiger partial charge in [-0.3, -0.25) is 9.69 Å². The predicted molar refractivity (Wildman–Crippen MR) is 82.1 cm³/mol. The second-order valence-corrected chi connectivity index (χ2v) is 5.96. The van der Waals surface area contributed by atoms with Gasteiger partial charge in [-0.05, 0) is 24.7 Å². The first-order chi connectivity index (χ1) is 11.0. The third kappa shape index (κ3) is 5.54. The van der Waals surface area contributed by atoms with Crippen LogP contribution in [-0.4, -0.2) is 66.6 Å². The Morgan fingerprint density at radius 3 is 2.74 bits per heavy atom. The summed E-state index contributed by atoms with van der Waals surface area (Å²) in [6.45, 7) is 1.45. The van der Waals surface area contributed by atoms with Crippen molar-refractivity contribution in [2.45, 2.75) is 18.8 Å². The highest BCUT2D eigenvalue weighted by molar-refractivity contribution is 5.77. The summed E-state index contributed by atoms with van der Waals surface area (Å²) in [6, 6.07) is 5.94. The minimum absolute atomic E-state index is 0.138. The minimum atomic E-state index is -0.880. The van der Waals surface area contributed by atoms with Gasteiger partial charge in [0.1, 0.15) is 11.9 Å². The van der Waals surface area contributed by atoms with E-state index in [-0.39, 0.29) is 30.8 Å². The summed E-state index contributed by atoms with van der Waals surface area (Å²) in [5, 5.41) is 22.2. The van der Waals surface area contributed by atoms with Crippen LogP contribution in [-0.2, 0) is 16.1 Å². The first-order valence-electron chi connectivity index (χ1n) is 7.59. The number of aliphatic hydroxyl groups excluding tert-OH is 2. The number of benzene rings is 1. The average Bonchev–Trinajstić information content (AvgIpc) is 2.51. The van der Waals surface area contributed by atoms with E-state index in [9.17, 15) is 19.4 Å². The molecule has 1 heterocycles. The van der Waals surface area contributed by atoms with Crippen LogP contribution < -0.4 is 5.32 Å². The predicted octanol–water partition coefficient (Wildman–Crippen LogP) is -0.258. The number of carbonyl (C=O) groups is 1. The van der Waals surface area contributed by atoms with Gasteiger partial charge in [-0.2, -0.15) is 0 Å². The maximum atomic E-state index is 12.8. The van der Waals surface area contributed by atoms with E-state index in [1.165, 1.54) is 12.1 Å². The van der Waals surface area contributed by atoms with Crippen molar-refractivity contribution >= 4 is 5.91 Å². The molecule has 0 aliphatic carbocycles. The molecule has 0 bridgehead atoms. The van der Waals surface area contributed by atoms with E-state index < -0.39 is 12.2 Å². The molecule has 0 saturated carbocycles. The topological polar surface area (TPSA) is 82.0 Å². The molecule has 1 aliphatic rings. The summed E-state index contributed by atoms with van der Waals surface area (Å²) >= 11 is 0. The Kier molecular flexibility index (Phi) is 6.47. The molecule has 6 nitrogen and oxygen atoms in total. The fraction of sp³-hybridized carbons (Fsp3) is 0.562. The lowest BCUT2D eigenvalue weighted by atomic mass is 9.96. The molecule has 1 saturated heterocycles. The van der Waals surface area contributed by atoms with E-state index in [0.717, 1.165) is 5.56 Å². The highest BCUT2D eigenvalue weighted by Crippen LogP contribution is 2.16. The summed E-state index contributed by atoms with van der Waals surface area (Å²) in [5.41, 5.74) is 0.821. The van der Waals surface area contributed by atoms with Gasteiger partial charge in [-0.25, -0.2) is 4.39 Å². The Morgan fingerprint density at radius 1 is 1.35 bits per heavy atom. The van der Waals surface area contributed by atoms with E-state index in [2.05, 4.69) is 5.32 Å². The van der Waals surface area contributed by atoms with E-state index >= 15 is 0 Å². The zero-order valence-corrected chi connectivity index (χ0v) is 13.1. The van der Waals surface area contributed by atoms with Crippen LogP contribution in [0.5, 0.6) is 0 Å². The van der Waals surface area contributed by atoms with Crippen LogP contribution in [0.25, 0.3) is 0 Å². The van der Waals surface area contributed by atoms with Crippen LogP contribution in [0.2, 0.25) is 0 Å². The zero-order chi connectivity index (χ0) is 16.8. The Labute approximate surface area is 134 Å². The van der Waals surface area contributed by atoms with E-state index in [1.54, 1.807) is 24.1 Å². The Morgan fingerprint density at radius 2 is 2.04 bits per heavy atom. The van der Waals surface area contributed by atoms with Gasteiger partial charge >= 0.3 is 0 Å². The molecule has 0 aromatic heterocycles. The first kappa shape index (κ1) is 17.8. The third-order valence-corrected chi connectivity index (χ3v) is 3.86. The summed E-state index contributed by atoms with van der Waals surface area (Å²) in [5.74, 6) is -0.701. The van der Waals surface area contributed by atoms with Crippen molar-refractivity contribution in [1.29, 1.82) is 0 Å². The van der Waals surface area contributed by atoms with Crippen LogP contribution in [0.3, 0.4) is 0 Å². The second kappa shape index (κ2) is 8.35. The summed E-state index contributed by atoms with van der Waals surface area (Å²) in [7, 11) is 1.77. The Balaban J connectivity index is 1.72. The van der Waals surface area contributed by atoms with Crippen molar-refractivity contribution in [3.05, 3.63) is 35.6 Å². The summed E-state index contributed by atoms with van der Waals surface area (Å²) < 4.78 is 18.0. The number of amides is 1. The van der Waals surface area contributed by atoms with Crippen LogP contribution in [0.15, 0.2) is 24.3 Å². The van der Waals surface area contributed by atoms with E-state index in [1.807, 2.05) is 0 Å². The quantitative estimate of drug-likeness (QED) is 0.671. The molecule has 0 radical (unpaired) electrons. The fourth-order valence-electron chi connectivity index (χ4n) is 2.58. The standard InChI is InChI=1S/C16H23FN2O4/c1-19(7-12-9-23-10-14(20)16(12)22)8-15(21)18-6-11-2-4-13(17)5-3-11/h2-5,12,14,16,20,22H,6-10H2,1H3,(H,18,21)/t12-,14-,16+/m1/s1. The SMILES string of the molecule is CN(CC(=O)NCc1ccc(F)cc1)C[C@@H]1COC[C@@H](O)[C@H]1O. The fourth-order valence-corrected chi connectivity index (χ4v) is 2.58. The monoisotopic (exact) mass is 326 g/mol. The van der Waals surface area contributed by atoms with Crippen LogP contribution >= 0.6 is 0 Å². The Hall–Kier alpha value is -1.54. The highest BCUT2D eigenvalue weighted by atomic mass is 19.1. The molecule has 0 spiro atoms. The van der Waals surface area contributed by atoms with Crippen molar-refractivity contribution < 1.29 is 24.1 Å². The van der Waals surface area contributed by atoms with Crippen molar-refractivity contribution in [2.24, 2.45) is 5.92 Å². The van der Waals surface area contributed by atoms with Gasteiger partial charge in [0.25, 0.3) is 0 Å². The van der Waals surface area contributed by atoms with E-state index in [4.69, 9.17) is 4.74 Å². The van der Waals surface area contributed by atoms with Crippen LogP contribution in [0, 0.1) is 11.7 Å². The molecule has 7 heteroatoms. The minimum Gasteiger partial charge on any atom is -0.390 e. The summed E-state index contributed by atoms with van der Waals surface area (Å²) in [6.07, 6.45) is -1.72. The number of ether oxygens (including phenoxy) is 1. The third-order valence-electron chi connectivity index (χ3n) is 3.86. The van der Waals surface area contributed by atoms with Gasteiger partial charge < -0.3 is 20.3 Å². The smallest absolute Gasteiger partial charge is 0.234 e. The van der Waals surface area contributed by atoms with Crippen LogP contribution in [0.4, 0.5) is 4.39 Å². The molecular weight excluding hydrogens is 303 g/mol. The van der Waals surface area contributed by atoms with Gasteiger partial charge in [-0.1, -0.05) is 12.1 Å². The summed E-state index contributed by atoms with van der Waals surface area (Å²) in [4.78, 5) is 13.7. The maximum Gasteiger partial charge on any atom is 0.234 e. The maximum absolute atomic E-state index is 12.8. The number of nitrogens with zero attached hydrogens (tertiary/aromatic N) is 1. The van der Waals surface area contributed by atoms with E-state index in [0.29, 0.717) is 19.7 Å². The van der Waals surface area contributed by atoms with Crippen molar-refractivity contribution in [2.75, 3.05) is 33.4 Å². The number of rotatable bonds is 6. The molecule has 128 valence electrons. The number of aliphatic hydroxyl groups is 2. The molecule has 3 atom stereocenters. The van der Waals surface area contributed by atoms with Gasteiger partial charge in [-0.15, -0.1) is 0 Å². The number of nitrogens with one attached hydrogen (secondary N) is 1. The molecule has 1 amide bonds. The lowest BCUT2D eigenvalue weighted by Crippen LogP contribution is -2.49.